The zero-order chi connectivity index (χ0) is 14.5. The first-order chi connectivity index (χ1) is 9.58. The van der Waals surface area contributed by atoms with Crippen LogP contribution in [0.15, 0.2) is 48.5 Å². The van der Waals surface area contributed by atoms with Crippen LogP contribution in [0.25, 0.3) is 0 Å². The van der Waals surface area contributed by atoms with Gasteiger partial charge >= 0.3 is 0 Å². The van der Waals surface area contributed by atoms with Gasteiger partial charge in [-0.3, -0.25) is 0 Å². The summed E-state index contributed by atoms with van der Waals surface area (Å²) in [5.41, 5.74) is 2.40. The molecule has 0 radical (unpaired) electrons. The summed E-state index contributed by atoms with van der Waals surface area (Å²) in [5, 5.41) is 13.3. The van der Waals surface area contributed by atoms with Crippen LogP contribution in [0.5, 0.6) is 0 Å². The summed E-state index contributed by atoms with van der Waals surface area (Å²) in [6.45, 7) is 4.14. The van der Waals surface area contributed by atoms with Gasteiger partial charge in [-0.15, -0.1) is 0 Å². The van der Waals surface area contributed by atoms with Crippen molar-refractivity contribution >= 4 is 0 Å². The smallest absolute Gasteiger partial charge is 0.126 e. The highest BCUT2D eigenvalue weighted by Crippen LogP contribution is 2.18. The van der Waals surface area contributed by atoms with Gasteiger partial charge < -0.3 is 10.4 Å². The maximum absolute atomic E-state index is 13.5. The van der Waals surface area contributed by atoms with Crippen molar-refractivity contribution in [3.63, 3.8) is 0 Å². The van der Waals surface area contributed by atoms with Crippen LogP contribution >= 0.6 is 0 Å². The van der Waals surface area contributed by atoms with E-state index >= 15 is 0 Å². The SMILES string of the molecule is Cc1ccc(C(C)NCC(O)c2ccccc2)cc1F. The van der Waals surface area contributed by atoms with Crippen LogP contribution < -0.4 is 5.32 Å². The maximum atomic E-state index is 13.5. The lowest BCUT2D eigenvalue weighted by atomic mass is 10.0. The number of hydrogen-bond donors (Lipinski definition) is 2. The Balaban J connectivity index is 1.95. The van der Waals surface area contributed by atoms with Crippen molar-refractivity contribution in [2.24, 2.45) is 0 Å². The van der Waals surface area contributed by atoms with E-state index in [1.54, 1.807) is 19.1 Å². The summed E-state index contributed by atoms with van der Waals surface area (Å²) >= 11 is 0. The lowest BCUT2D eigenvalue weighted by Gasteiger charge is -2.18. The van der Waals surface area contributed by atoms with Crippen LogP contribution in [0.4, 0.5) is 4.39 Å². The molecule has 0 heterocycles. The Morgan fingerprint density at radius 2 is 1.80 bits per heavy atom. The lowest BCUT2D eigenvalue weighted by molar-refractivity contribution is 0.171. The van der Waals surface area contributed by atoms with E-state index in [-0.39, 0.29) is 11.9 Å². The van der Waals surface area contributed by atoms with Crippen molar-refractivity contribution in [2.45, 2.75) is 26.0 Å². The first-order valence-electron chi connectivity index (χ1n) is 6.80. The predicted molar refractivity (Wildman–Crippen MR) is 79.0 cm³/mol. The van der Waals surface area contributed by atoms with Gasteiger partial charge in [0.2, 0.25) is 0 Å². The summed E-state index contributed by atoms with van der Waals surface area (Å²) in [6, 6.07) is 14.7. The average molecular weight is 273 g/mol. The topological polar surface area (TPSA) is 32.3 Å². The molecule has 0 saturated heterocycles. The monoisotopic (exact) mass is 273 g/mol. The molecule has 0 saturated carbocycles. The van der Waals surface area contributed by atoms with Crippen LogP contribution in [-0.4, -0.2) is 11.7 Å². The average Bonchev–Trinajstić information content (AvgIpc) is 2.48. The largest absolute Gasteiger partial charge is 0.387 e. The molecule has 0 aromatic heterocycles. The van der Waals surface area contributed by atoms with Gasteiger partial charge in [-0.1, -0.05) is 42.5 Å². The van der Waals surface area contributed by atoms with Gasteiger partial charge in [-0.05, 0) is 36.6 Å². The molecular weight excluding hydrogens is 253 g/mol. The number of halogens is 1. The predicted octanol–water partition coefficient (Wildman–Crippen LogP) is 3.52. The van der Waals surface area contributed by atoms with E-state index in [0.717, 1.165) is 11.1 Å². The van der Waals surface area contributed by atoms with E-state index in [1.165, 1.54) is 0 Å². The summed E-state index contributed by atoms with van der Waals surface area (Å²) in [6.07, 6.45) is -0.561. The Kier molecular flexibility index (Phi) is 4.88. The van der Waals surface area contributed by atoms with Crippen molar-refractivity contribution in [3.05, 3.63) is 71.0 Å². The van der Waals surface area contributed by atoms with Gasteiger partial charge in [-0.2, -0.15) is 0 Å². The van der Waals surface area contributed by atoms with Crippen molar-refractivity contribution in [1.29, 1.82) is 0 Å². The summed E-state index contributed by atoms with van der Waals surface area (Å²) in [7, 11) is 0. The second kappa shape index (κ2) is 6.64. The fourth-order valence-corrected chi connectivity index (χ4v) is 2.08. The molecule has 2 rings (SSSR count). The third kappa shape index (κ3) is 3.65. The van der Waals surface area contributed by atoms with Crippen LogP contribution in [0.2, 0.25) is 0 Å². The molecule has 2 N–H and O–H groups in total. The van der Waals surface area contributed by atoms with E-state index in [0.29, 0.717) is 12.1 Å². The minimum atomic E-state index is -0.561. The maximum Gasteiger partial charge on any atom is 0.126 e. The molecule has 0 aliphatic carbocycles. The number of nitrogens with one attached hydrogen (secondary N) is 1. The molecule has 0 bridgehead atoms. The zero-order valence-electron chi connectivity index (χ0n) is 11.8. The molecule has 0 aliphatic heterocycles. The van der Waals surface area contributed by atoms with Crippen LogP contribution in [0.3, 0.4) is 0 Å². The van der Waals surface area contributed by atoms with Crippen LogP contribution in [0.1, 0.15) is 35.8 Å². The highest BCUT2D eigenvalue weighted by molar-refractivity contribution is 5.25. The molecule has 0 spiro atoms. The number of aliphatic hydroxyl groups excluding tert-OH is 1. The first kappa shape index (κ1) is 14.7. The molecule has 2 atom stereocenters. The normalized spacial score (nSPS) is 14.0. The van der Waals surface area contributed by atoms with Gasteiger partial charge in [0.05, 0.1) is 6.10 Å². The van der Waals surface area contributed by atoms with E-state index in [4.69, 9.17) is 0 Å². The fourth-order valence-electron chi connectivity index (χ4n) is 2.08. The molecular formula is C17H20FNO. The third-order valence-corrected chi connectivity index (χ3v) is 3.50. The molecule has 3 heteroatoms. The quantitative estimate of drug-likeness (QED) is 0.873. The van der Waals surface area contributed by atoms with Crippen molar-refractivity contribution < 1.29 is 9.50 Å². The minimum Gasteiger partial charge on any atom is -0.387 e. The molecule has 0 amide bonds. The van der Waals surface area contributed by atoms with Gasteiger partial charge in [0, 0.05) is 12.6 Å². The summed E-state index contributed by atoms with van der Waals surface area (Å²) in [4.78, 5) is 0. The standard InChI is InChI=1S/C17H20FNO/c1-12-8-9-15(10-16(12)18)13(2)19-11-17(20)14-6-4-3-5-7-14/h3-10,13,17,19-20H,11H2,1-2H3. The molecule has 2 unspecified atom stereocenters. The number of hydrogen-bond acceptors (Lipinski definition) is 2. The van der Waals surface area contributed by atoms with E-state index in [2.05, 4.69) is 5.32 Å². The molecule has 2 aromatic rings. The van der Waals surface area contributed by atoms with Crippen molar-refractivity contribution in [2.75, 3.05) is 6.54 Å². The van der Waals surface area contributed by atoms with Crippen LogP contribution in [0, 0.1) is 12.7 Å². The summed E-state index contributed by atoms with van der Waals surface area (Å²) < 4.78 is 13.5. The van der Waals surface area contributed by atoms with Crippen LogP contribution in [-0.2, 0) is 0 Å². The van der Waals surface area contributed by atoms with Gasteiger partial charge in [0.1, 0.15) is 5.82 Å². The number of rotatable bonds is 5. The van der Waals surface area contributed by atoms with Crippen molar-refractivity contribution in [3.8, 4) is 0 Å². The number of benzene rings is 2. The minimum absolute atomic E-state index is 0.0107. The lowest BCUT2D eigenvalue weighted by Crippen LogP contribution is -2.24. The Morgan fingerprint density at radius 3 is 2.45 bits per heavy atom. The highest BCUT2D eigenvalue weighted by Gasteiger charge is 2.11. The molecule has 20 heavy (non-hydrogen) atoms. The Bertz CT molecular complexity index is 556. The van der Waals surface area contributed by atoms with E-state index < -0.39 is 6.10 Å². The molecule has 2 nitrogen and oxygen atoms in total. The van der Waals surface area contributed by atoms with Gasteiger partial charge in [-0.25, -0.2) is 4.39 Å². The Morgan fingerprint density at radius 1 is 1.10 bits per heavy atom. The molecule has 0 aliphatic rings. The molecule has 0 fully saturated rings. The van der Waals surface area contributed by atoms with E-state index in [9.17, 15) is 9.50 Å². The number of aliphatic hydroxyl groups is 1. The molecule has 106 valence electrons. The second-order valence-electron chi connectivity index (χ2n) is 5.07. The molecule has 2 aromatic carbocycles. The number of aryl methyl sites for hydroxylation is 1. The Labute approximate surface area is 119 Å². The highest BCUT2D eigenvalue weighted by atomic mass is 19.1. The van der Waals surface area contributed by atoms with Crippen molar-refractivity contribution in [1.82, 2.24) is 5.32 Å². The Hall–Kier alpha value is -1.71. The summed E-state index contributed by atoms with van der Waals surface area (Å²) in [5.74, 6) is -0.195. The second-order valence-corrected chi connectivity index (χ2v) is 5.07. The fraction of sp³-hybridized carbons (Fsp3) is 0.294. The first-order valence-corrected chi connectivity index (χ1v) is 6.80. The van der Waals surface area contributed by atoms with Gasteiger partial charge in [0.25, 0.3) is 0 Å². The zero-order valence-corrected chi connectivity index (χ0v) is 11.8. The van der Waals surface area contributed by atoms with E-state index in [1.807, 2.05) is 43.3 Å². The third-order valence-electron chi connectivity index (χ3n) is 3.50. The van der Waals surface area contributed by atoms with Gasteiger partial charge in [0.15, 0.2) is 0 Å².